The summed E-state index contributed by atoms with van der Waals surface area (Å²) in [5.74, 6) is 1.92. The van der Waals surface area contributed by atoms with Crippen LogP contribution in [0.25, 0.3) is 6.08 Å². The van der Waals surface area contributed by atoms with Gasteiger partial charge in [-0.1, -0.05) is 6.07 Å². The first-order chi connectivity index (χ1) is 11.7. The summed E-state index contributed by atoms with van der Waals surface area (Å²) in [5, 5.41) is 2.80. The van der Waals surface area contributed by atoms with Crippen molar-refractivity contribution in [3.63, 3.8) is 0 Å². The van der Waals surface area contributed by atoms with E-state index in [-0.39, 0.29) is 5.91 Å². The van der Waals surface area contributed by atoms with Crippen molar-refractivity contribution < 1.29 is 19.0 Å². The molecule has 0 aromatic heterocycles. The Kier molecular flexibility index (Phi) is 4.70. The van der Waals surface area contributed by atoms with Crippen molar-refractivity contribution in [3.8, 4) is 17.2 Å². The molecule has 0 bridgehead atoms. The van der Waals surface area contributed by atoms with Crippen molar-refractivity contribution >= 4 is 17.7 Å². The summed E-state index contributed by atoms with van der Waals surface area (Å²) in [4.78, 5) is 12.1. The standard InChI is InChI=1S/C19H19NO4/c1-22-15-5-6-16(18(12-15)23-2)20-19(21)8-4-13-3-7-17-14(11-13)9-10-24-17/h3-8,11-12H,9-10H2,1-2H3,(H,20,21)/b8-4+. The lowest BCUT2D eigenvalue weighted by Crippen LogP contribution is -2.09. The lowest BCUT2D eigenvalue weighted by Gasteiger charge is -2.10. The summed E-state index contributed by atoms with van der Waals surface area (Å²) in [6.45, 7) is 0.722. The highest BCUT2D eigenvalue weighted by molar-refractivity contribution is 6.02. The van der Waals surface area contributed by atoms with Gasteiger partial charge in [0.15, 0.2) is 0 Å². The Morgan fingerprint density at radius 2 is 2.04 bits per heavy atom. The van der Waals surface area contributed by atoms with Gasteiger partial charge in [-0.15, -0.1) is 0 Å². The number of benzene rings is 2. The summed E-state index contributed by atoms with van der Waals surface area (Å²) in [6, 6.07) is 11.1. The molecule has 1 aliphatic heterocycles. The molecule has 0 spiro atoms. The SMILES string of the molecule is COc1ccc(NC(=O)/C=C/c2ccc3c(c2)CCO3)c(OC)c1. The zero-order valence-corrected chi connectivity index (χ0v) is 13.7. The van der Waals surface area contributed by atoms with Crippen molar-refractivity contribution in [1.82, 2.24) is 0 Å². The van der Waals surface area contributed by atoms with Gasteiger partial charge in [0.1, 0.15) is 17.2 Å². The minimum Gasteiger partial charge on any atom is -0.497 e. The molecule has 5 heteroatoms. The monoisotopic (exact) mass is 325 g/mol. The van der Waals surface area contributed by atoms with Gasteiger partial charge in [-0.05, 0) is 41.5 Å². The van der Waals surface area contributed by atoms with Gasteiger partial charge in [-0.25, -0.2) is 0 Å². The van der Waals surface area contributed by atoms with E-state index in [9.17, 15) is 4.79 Å². The van der Waals surface area contributed by atoms with E-state index in [2.05, 4.69) is 5.32 Å². The molecule has 1 aliphatic rings. The van der Waals surface area contributed by atoms with Crippen LogP contribution in [0.4, 0.5) is 5.69 Å². The maximum atomic E-state index is 12.1. The molecule has 2 aromatic rings. The fourth-order valence-electron chi connectivity index (χ4n) is 2.56. The number of carbonyl (C=O) groups is 1. The van der Waals surface area contributed by atoms with E-state index in [1.807, 2.05) is 18.2 Å². The van der Waals surface area contributed by atoms with Crippen LogP contribution in [0.5, 0.6) is 17.2 Å². The quantitative estimate of drug-likeness (QED) is 0.857. The van der Waals surface area contributed by atoms with Crippen LogP contribution in [-0.2, 0) is 11.2 Å². The fraction of sp³-hybridized carbons (Fsp3) is 0.211. The van der Waals surface area contributed by atoms with Crippen LogP contribution in [0.1, 0.15) is 11.1 Å². The van der Waals surface area contributed by atoms with Crippen molar-refractivity contribution in [2.45, 2.75) is 6.42 Å². The molecule has 0 saturated heterocycles. The van der Waals surface area contributed by atoms with E-state index in [0.29, 0.717) is 17.2 Å². The fourth-order valence-corrected chi connectivity index (χ4v) is 2.56. The van der Waals surface area contributed by atoms with Crippen LogP contribution < -0.4 is 19.5 Å². The number of nitrogens with one attached hydrogen (secondary N) is 1. The third-order valence-electron chi connectivity index (χ3n) is 3.81. The molecule has 0 aliphatic carbocycles. The summed E-state index contributed by atoms with van der Waals surface area (Å²) in [5.41, 5.74) is 2.74. The number of ether oxygens (including phenoxy) is 3. The normalized spacial score (nSPS) is 12.6. The van der Waals surface area contributed by atoms with E-state index in [1.165, 1.54) is 11.6 Å². The average molecular weight is 325 g/mol. The lowest BCUT2D eigenvalue weighted by atomic mass is 10.1. The Labute approximate surface area is 140 Å². The molecule has 0 fully saturated rings. The second-order valence-electron chi connectivity index (χ2n) is 5.35. The van der Waals surface area contributed by atoms with Gasteiger partial charge in [0.05, 0.1) is 26.5 Å². The highest BCUT2D eigenvalue weighted by Crippen LogP contribution is 2.29. The average Bonchev–Trinajstić information content (AvgIpc) is 3.08. The number of hydrogen-bond donors (Lipinski definition) is 1. The molecule has 24 heavy (non-hydrogen) atoms. The summed E-state index contributed by atoms with van der Waals surface area (Å²) in [6.07, 6.45) is 4.19. The van der Waals surface area contributed by atoms with Gasteiger partial charge < -0.3 is 19.5 Å². The van der Waals surface area contributed by atoms with Gasteiger partial charge in [0, 0.05) is 18.6 Å². The third kappa shape index (κ3) is 3.51. The van der Waals surface area contributed by atoms with Gasteiger partial charge >= 0.3 is 0 Å². The van der Waals surface area contributed by atoms with Gasteiger partial charge in [-0.3, -0.25) is 4.79 Å². The van der Waals surface area contributed by atoms with Crippen LogP contribution >= 0.6 is 0 Å². The zero-order valence-electron chi connectivity index (χ0n) is 13.7. The van der Waals surface area contributed by atoms with Crippen LogP contribution in [-0.4, -0.2) is 26.7 Å². The molecule has 0 atom stereocenters. The minimum atomic E-state index is -0.227. The Hall–Kier alpha value is -2.95. The van der Waals surface area contributed by atoms with Crippen LogP contribution in [0, 0.1) is 0 Å². The first kappa shape index (κ1) is 15.9. The number of carbonyl (C=O) groups excluding carboxylic acids is 1. The Morgan fingerprint density at radius 1 is 1.17 bits per heavy atom. The van der Waals surface area contributed by atoms with Crippen LogP contribution in [0.3, 0.4) is 0 Å². The molecule has 2 aromatic carbocycles. The summed E-state index contributed by atoms with van der Waals surface area (Å²) in [7, 11) is 3.13. The van der Waals surface area contributed by atoms with Gasteiger partial charge in [0.2, 0.25) is 5.91 Å². The lowest BCUT2D eigenvalue weighted by molar-refractivity contribution is -0.111. The largest absolute Gasteiger partial charge is 0.497 e. The van der Waals surface area contributed by atoms with Gasteiger partial charge in [0.25, 0.3) is 0 Å². The molecule has 124 valence electrons. The zero-order chi connectivity index (χ0) is 16.9. The number of rotatable bonds is 5. The maximum absolute atomic E-state index is 12.1. The second kappa shape index (κ2) is 7.08. The predicted molar refractivity (Wildman–Crippen MR) is 92.9 cm³/mol. The molecular weight excluding hydrogens is 306 g/mol. The van der Waals surface area contributed by atoms with E-state index >= 15 is 0 Å². The summed E-state index contributed by atoms with van der Waals surface area (Å²) < 4.78 is 15.9. The number of anilines is 1. The number of hydrogen-bond acceptors (Lipinski definition) is 4. The number of amides is 1. The van der Waals surface area contributed by atoms with Crippen molar-refractivity contribution in [2.24, 2.45) is 0 Å². The summed E-state index contributed by atoms with van der Waals surface area (Å²) >= 11 is 0. The highest BCUT2D eigenvalue weighted by atomic mass is 16.5. The Bertz CT molecular complexity index is 783. The third-order valence-corrected chi connectivity index (χ3v) is 3.81. The molecule has 0 radical (unpaired) electrons. The topological polar surface area (TPSA) is 56.8 Å². The van der Waals surface area contributed by atoms with Crippen molar-refractivity contribution in [1.29, 1.82) is 0 Å². The molecule has 1 heterocycles. The number of fused-ring (bicyclic) bond motifs is 1. The molecule has 1 N–H and O–H groups in total. The second-order valence-corrected chi connectivity index (χ2v) is 5.35. The maximum Gasteiger partial charge on any atom is 0.248 e. The first-order valence-corrected chi connectivity index (χ1v) is 7.66. The van der Waals surface area contributed by atoms with Crippen molar-refractivity contribution in [3.05, 3.63) is 53.6 Å². The molecule has 3 rings (SSSR count). The van der Waals surface area contributed by atoms with E-state index in [1.54, 1.807) is 38.5 Å². The Morgan fingerprint density at radius 3 is 2.83 bits per heavy atom. The number of methoxy groups -OCH3 is 2. The van der Waals surface area contributed by atoms with E-state index in [0.717, 1.165) is 24.3 Å². The van der Waals surface area contributed by atoms with Crippen LogP contribution in [0.2, 0.25) is 0 Å². The molecule has 5 nitrogen and oxygen atoms in total. The molecular formula is C19H19NO4. The predicted octanol–water partition coefficient (Wildman–Crippen LogP) is 3.29. The molecule has 0 unspecified atom stereocenters. The van der Waals surface area contributed by atoms with Gasteiger partial charge in [-0.2, -0.15) is 0 Å². The molecule has 1 amide bonds. The Balaban J connectivity index is 1.69. The minimum absolute atomic E-state index is 0.227. The smallest absolute Gasteiger partial charge is 0.248 e. The van der Waals surface area contributed by atoms with E-state index < -0.39 is 0 Å². The van der Waals surface area contributed by atoms with Crippen molar-refractivity contribution in [2.75, 3.05) is 26.1 Å². The van der Waals surface area contributed by atoms with Crippen LogP contribution in [0.15, 0.2) is 42.5 Å². The first-order valence-electron chi connectivity index (χ1n) is 7.66. The van der Waals surface area contributed by atoms with E-state index in [4.69, 9.17) is 14.2 Å². The molecule has 0 saturated carbocycles. The highest BCUT2D eigenvalue weighted by Gasteiger charge is 2.11.